The van der Waals surface area contributed by atoms with Crippen molar-refractivity contribution in [2.75, 3.05) is 30.8 Å². The van der Waals surface area contributed by atoms with Crippen LogP contribution >= 0.6 is 11.6 Å². The number of carbonyl (C=O) groups is 1. The first-order valence-corrected chi connectivity index (χ1v) is 6.96. The maximum atomic E-state index is 11.8. The van der Waals surface area contributed by atoms with Gasteiger partial charge in [-0.2, -0.15) is 0 Å². The van der Waals surface area contributed by atoms with Crippen LogP contribution in [0.25, 0.3) is 0 Å². The molecule has 0 aliphatic carbocycles. The fraction of sp³-hybridized carbons (Fsp3) is 0.214. The predicted octanol–water partition coefficient (Wildman–Crippen LogP) is 2.37. The van der Waals surface area contributed by atoms with Crippen LogP contribution < -0.4 is 20.7 Å². The number of carbonyl (C=O) groups excluding carboxylic acids is 1. The Morgan fingerprint density at radius 3 is 2.73 bits per heavy atom. The van der Waals surface area contributed by atoms with Crippen LogP contribution in [-0.2, 0) is 0 Å². The number of halogens is 1. The van der Waals surface area contributed by atoms with Crippen LogP contribution in [0.2, 0.25) is 5.02 Å². The second kappa shape index (κ2) is 8.04. The summed E-state index contributed by atoms with van der Waals surface area (Å²) < 4.78 is 5.04. The van der Waals surface area contributed by atoms with Crippen molar-refractivity contribution in [3.63, 3.8) is 0 Å². The summed E-state index contributed by atoms with van der Waals surface area (Å²) in [5.41, 5.74) is 0.513. The molecule has 8 heteroatoms. The van der Waals surface area contributed by atoms with Gasteiger partial charge in [-0.15, -0.1) is 0 Å². The average molecular weight is 322 g/mol. The Bertz CT molecular complexity index is 624. The summed E-state index contributed by atoms with van der Waals surface area (Å²) in [6.07, 6.45) is 3.28. The van der Waals surface area contributed by atoms with E-state index >= 15 is 0 Å². The van der Waals surface area contributed by atoms with Gasteiger partial charge in [-0.05, 0) is 18.2 Å². The van der Waals surface area contributed by atoms with Crippen LogP contribution in [0.1, 0.15) is 0 Å². The maximum absolute atomic E-state index is 11.8. The van der Waals surface area contributed by atoms with Gasteiger partial charge < -0.3 is 20.7 Å². The number of ether oxygens (including phenoxy) is 1. The summed E-state index contributed by atoms with van der Waals surface area (Å²) in [5.74, 6) is 1.14. The van der Waals surface area contributed by atoms with Crippen molar-refractivity contribution in [2.45, 2.75) is 0 Å². The lowest BCUT2D eigenvalue weighted by Gasteiger charge is -2.10. The highest BCUT2D eigenvalue weighted by Crippen LogP contribution is 2.26. The van der Waals surface area contributed by atoms with Crippen molar-refractivity contribution in [3.05, 3.63) is 41.7 Å². The van der Waals surface area contributed by atoms with Gasteiger partial charge in [0.15, 0.2) is 0 Å². The zero-order chi connectivity index (χ0) is 15.8. The van der Waals surface area contributed by atoms with Crippen molar-refractivity contribution in [1.82, 2.24) is 15.3 Å². The number of anilines is 2. The Hall–Kier alpha value is -2.54. The second-order valence-electron chi connectivity index (χ2n) is 4.23. The van der Waals surface area contributed by atoms with Gasteiger partial charge in [-0.1, -0.05) is 11.6 Å². The lowest BCUT2D eigenvalue weighted by atomic mass is 10.3. The van der Waals surface area contributed by atoms with Crippen molar-refractivity contribution in [2.24, 2.45) is 0 Å². The van der Waals surface area contributed by atoms with E-state index in [2.05, 4.69) is 25.9 Å². The van der Waals surface area contributed by atoms with Gasteiger partial charge in [0.25, 0.3) is 0 Å². The topological polar surface area (TPSA) is 88.2 Å². The van der Waals surface area contributed by atoms with E-state index in [4.69, 9.17) is 16.3 Å². The van der Waals surface area contributed by atoms with Crippen molar-refractivity contribution >= 4 is 29.3 Å². The molecular formula is C14H16ClN5O2. The highest BCUT2D eigenvalue weighted by Gasteiger charge is 2.06. The number of aromatic nitrogens is 2. The fourth-order valence-corrected chi connectivity index (χ4v) is 1.85. The molecule has 22 heavy (non-hydrogen) atoms. The Kier molecular flexibility index (Phi) is 5.79. The number of benzene rings is 1. The lowest BCUT2D eigenvalue weighted by Crippen LogP contribution is -2.32. The van der Waals surface area contributed by atoms with Crippen LogP contribution in [0, 0.1) is 0 Å². The number of rotatable bonds is 6. The molecule has 0 fully saturated rings. The molecule has 116 valence electrons. The molecular weight excluding hydrogens is 306 g/mol. The number of nitrogens with zero attached hydrogens (tertiary/aromatic N) is 2. The number of nitrogens with one attached hydrogen (secondary N) is 3. The first-order chi connectivity index (χ1) is 10.7. The molecule has 0 saturated heterocycles. The molecule has 7 nitrogen and oxygen atoms in total. The molecule has 0 aliphatic rings. The van der Waals surface area contributed by atoms with Gasteiger partial charge in [-0.3, -0.25) is 0 Å². The first kappa shape index (κ1) is 15.8. The van der Waals surface area contributed by atoms with Crippen LogP contribution in [0.15, 0.2) is 36.7 Å². The summed E-state index contributed by atoms with van der Waals surface area (Å²) >= 11 is 6.04. The number of hydrogen-bond acceptors (Lipinski definition) is 5. The Morgan fingerprint density at radius 1 is 1.27 bits per heavy atom. The summed E-state index contributed by atoms with van der Waals surface area (Å²) in [6, 6.07) is 6.41. The molecule has 0 saturated carbocycles. The number of amides is 2. The molecule has 1 aromatic carbocycles. The Balaban J connectivity index is 1.74. The van der Waals surface area contributed by atoms with Gasteiger partial charge in [0, 0.05) is 31.5 Å². The van der Waals surface area contributed by atoms with Gasteiger partial charge in [-0.25, -0.2) is 14.8 Å². The number of urea groups is 1. The number of methoxy groups -OCH3 is 1. The van der Waals surface area contributed by atoms with E-state index in [9.17, 15) is 4.79 Å². The second-order valence-corrected chi connectivity index (χ2v) is 4.63. The maximum Gasteiger partial charge on any atom is 0.319 e. The van der Waals surface area contributed by atoms with Crippen LogP contribution in [0.4, 0.5) is 16.4 Å². The van der Waals surface area contributed by atoms with Gasteiger partial charge in [0.2, 0.25) is 5.95 Å². The van der Waals surface area contributed by atoms with E-state index < -0.39 is 0 Å². The molecule has 2 aromatic rings. The van der Waals surface area contributed by atoms with Crippen molar-refractivity contribution in [3.8, 4) is 5.75 Å². The molecule has 0 bridgehead atoms. The Labute approximate surface area is 133 Å². The van der Waals surface area contributed by atoms with Gasteiger partial charge >= 0.3 is 6.03 Å². The minimum absolute atomic E-state index is 0.345. The van der Waals surface area contributed by atoms with Crippen molar-refractivity contribution < 1.29 is 9.53 Å². The highest BCUT2D eigenvalue weighted by molar-refractivity contribution is 6.33. The minimum atomic E-state index is -0.345. The SMILES string of the molecule is COc1ccc(NC(=O)NCCNc2ncccn2)c(Cl)c1. The quantitative estimate of drug-likeness (QED) is 0.711. The average Bonchev–Trinajstić information content (AvgIpc) is 2.54. The first-order valence-electron chi connectivity index (χ1n) is 6.58. The third kappa shape index (κ3) is 4.78. The van der Waals surface area contributed by atoms with E-state index in [1.165, 1.54) is 0 Å². The zero-order valence-electron chi connectivity index (χ0n) is 12.0. The van der Waals surface area contributed by atoms with Crippen LogP contribution in [0.5, 0.6) is 5.75 Å². The van der Waals surface area contributed by atoms with Crippen LogP contribution in [0.3, 0.4) is 0 Å². The molecule has 0 unspecified atom stereocenters. The third-order valence-electron chi connectivity index (χ3n) is 2.68. The van der Waals surface area contributed by atoms with E-state index in [1.807, 2.05) is 0 Å². The summed E-state index contributed by atoms with van der Waals surface area (Å²) in [4.78, 5) is 19.8. The number of hydrogen-bond donors (Lipinski definition) is 3. The molecule has 0 spiro atoms. The molecule has 1 aromatic heterocycles. The van der Waals surface area contributed by atoms with Gasteiger partial charge in [0.05, 0.1) is 17.8 Å². The zero-order valence-corrected chi connectivity index (χ0v) is 12.7. The largest absolute Gasteiger partial charge is 0.497 e. The van der Waals surface area contributed by atoms with E-state index in [-0.39, 0.29) is 6.03 Å². The summed E-state index contributed by atoms with van der Waals surface area (Å²) in [7, 11) is 1.55. The normalized spacial score (nSPS) is 9.91. The standard InChI is InChI=1S/C14H16ClN5O2/c1-22-10-3-4-12(11(15)9-10)20-14(21)19-8-7-18-13-16-5-2-6-17-13/h2-6,9H,7-8H2,1H3,(H,16,17,18)(H2,19,20,21). The van der Waals surface area contributed by atoms with Crippen LogP contribution in [-0.4, -0.2) is 36.2 Å². The smallest absolute Gasteiger partial charge is 0.319 e. The molecule has 3 N–H and O–H groups in total. The lowest BCUT2D eigenvalue weighted by molar-refractivity contribution is 0.252. The Morgan fingerprint density at radius 2 is 2.05 bits per heavy atom. The molecule has 2 rings (SSSR count). The third-order valence-corrected chi connectivity index (χ3v) is 3.00. The molecule has 0 atom stereocenters. The molecule has 1 heterocycles. The minimum Gasteiger partial charge on any atom is -0.497 e. The molecule has 0 radical (unpaired) electrons. The predicted molar refractivity (Wildman–Crippen MR) is 85.5 cm³/mol. The summed E-state index contributed by atoms with van der Waals surface area (Å²) in [6.45, 7) is 0.922. The van der Waals surface area contributed by atoms with Gasteiger partial charge in [0.1, 0.15) is 5.75 Å². The van der Waals surface area contributed by atoms with E-state index in [0.29, 0.717) is 35.5 Å². The fourth-order valence-electron chi connectivity index (χ4n) is 1.63. The van der Waals surface area contributed by atoms with Crippen molar-refractivity contribution in [1.29, 1.82) is 0 Å². The van der Waals surface area contributed by atoms with E-state index in [1.54, 1.807) is 43.8 Å². The molecule has 0 aliphatic heterocycles. The van der Waals surface area contributed by atoms with E-state index in [0.717, 1.165) is 0 Å². The highest BCUT2D eigenvalue weighted by atomic mass is 35.5. The monoisotopic (exact) mass is 321 g/mol. The molecule has 2 amide bonds. The summed E-state index contributed by atoms with van der Waals surface area (Å²) in [5, 5.41) is 8.75.